The highest BCUT2D eigenvalue weighted by Crippen LogP contribution is 2.22. The molecule has 0 aliphatic carbocycles. The minimum Gasteiger partial charge on any atom is -0.325 e. The number of hydrogen-bond acceptors (Lipinski definition) is 6. The first-order valence-electron chi connectivity index (χ1n) is 8.97. The number of nitrogens with two attached hydrogens (primary N) is 1. The van der Waals surface area contributed by atoms with E-state index in [4.69, 9.17) is 5.73 Å². The lowest BCUT2D eigenvalue weighted by molar-refractivity contribution is 0.406. The maximum atomic E-state index is 13.1. The molecule has 0 aromatic heterocycles. The molecule has 2 atom stereocenters. The number of nitrogens with zero attached hydrogens (tertiary/aromatic N) is 1. The number of rotatable bonds is 4. The van der Waals surface area contributed by atoms with Gasteiger partial charge in [0.1, 0.15) is 5.37 Å². The molecule has 1 heterocycles. The van der Waals surface area contributed by atoms with Crippen molar-refractivity contribution >= 4 is 19.9 Å². The fourth-order valence-corrected chi connectivity index (χ4v) is 6.23. The first-order valence-corrected chi connectivity index (χ1v) is 12.0. The van der Waals surface area contributed by atoms with E-state index in [0.29, 0.717) is 0 Å². The summed E-state index contributed by atoms with van der Waals surface area (Å²) in [5.41, 5.74) is 7.91. The van der Waals surface area contributed by atoms with Crippen LogP contribution in [0.1, 0.15) is 11.1 Å². The Morgan fingerprint density at radius 2 is 1.36 bits per heavy atom. The van der Waals surface area contributed by atoms with Crippen LogP contribution in [0.2, 0.25) is 0 Å². The zero-order valence-corrected chi connectivity index (χ0v) is 17.5. The molecule has 2 aromatic carbocycles. The molecule has 0 bridgehead atoms. The van der Waals surface area contributed by atoms with Gasteiger partial charge in [-0.25, -0.2) is 16.8 Å². The van der Waals surface area contributed by atoms with E-state index in [1.807, 2.05) is 13.8 Å². The second kappa shape index (κ2) is 7.92. The monoisotopic (exact) mass is 423 g/mol. The Bertz CT molecular complexity index is 1030. The Labute approximate surface area is 166 Å². The molecule has 3 rings (SSSR count). The summed E-state index contributed by atoms with van der Waals surface area (Å²) in [5, 5.41) is 1.85. The Morgan fingerprint density at radius 3 is 1.89 bits per heavy atom. The van der Waals surface area contributed by atoms with E-state index in [1.54, 1.807) is 24.3 Å². The smallest absolute Gasteiger partial charge is 0.243 e. The fourth-order valence-electron chi connectivity index (χ4n) is 3.09. The number of sulfonamides is 1. The van der Waals surface area contributed by atoms with Crippen molar-refractivity contribution in [2.45, 2.75) is 35.1 Å². The van der Waals surface area contributed by atoms with Crippen LogP contribution in [-0.4, -0.2) is 52.2 Å². The van der Waals surface area contributed by atoms with E-state index < -0.39 is 31.3 Å². The van der Waals surface area contributed by atoms with Gasteiger partial charge in [0.05, 0.1) is 9.79 Å². The lowest BCUT2D eigenvalue weighted by Gasteiger charge is -2.24. The molecule has 1 aliphatic heterocycles. The van der Waals surface area contributed by atoms with Gasteiger partial charge < -0.3 is 5.73 Å². The lowest BCUT2D eigenvalue weighted by atomic mass is 10.2. The molecule has 0 radical (unpaired) electrons. The largest absolute Gasteiger partial charge is 0.325 e. The van der Waals surface area contributed by atoms with Gasteiger partial charge in [-0.15, -0.1) is 0 Å². The van der Waals surface area contributed by atoms with Gasteiger partial charge >= 0.3 is 0 Å². The van der Waals surface area contributed by atoms with Gasteiger partial charge in [-0.1, -0.05) is 35.4 Å². The number of nitrogens with one attached hydrogen (secondary N) is 1. The van der Waals surface area contributed by atoms with E-state index >= 15 is 0 Å². The number of benzene rings is 2. The zero-order valence-electron chi connectivity index (χ0n) is 15.9. The van der Waals surface area contributed by atoms with E-state index in [0.717, 1.165) is 11.1 Å². The predicted octanol–water partition coefficient (Wildman–Crippen LogP) is 1.02. The van der Waals surface area contributed by atoms with Crippen molar-refractivity contribution < 1.29 is 16.8 Å². The summed E-state index contributed by atoms with van der Waals surface area (Å²) in [6.07, 6.45) is 0. The van der Waals surface area contributed by atoms with E-state index in [9.17, 15) is 16.8 Å². The van der Waals surface area contributed by atoms with Gasteiger partial charge in [0, 0.05) is 25.7 Å². The molecule has 7 nitrogen and oxygen atoms in total. The Morgan fingerprint density at radius 1 is 0.857 bits per heavy atom. The SMILES string of the molecule is Cc1ccc(S(=O)(=O)C2CN(S(=O)(=O)c3ccc(C)cc3)CC(N)CN2)cc1. The van der Waals surface area contributed by atoms with Crippen LogP contribution in [-0.2, 0) is 19.9 Å². The van der Waals surface area contributed by atoms with Crippen molar-refractivity contribution in [3.63, 3.8) is 0 Å². The highest BCUT2D eigenvalue weighted by molar-refractivity contribution is 7.92. The van der Waals surface area contributed by atoms with Crippen LogP contribution in [0.3, 0.4) is 0 Å². The van der Waals surface area contributed by atoms with Gasteiger partial charge in [0.25, 0.3) is 0 Å². The van der Waals surface area contributed by atoms with Crippen LogP contribution in [0.5, 0.6) is 0 Å². The molecule has 1 aliphatic rings. The summed E-state index contributed by atoms with van der Waals surface area (Å²) in [7, 11) is -7.65. The molecular formula is C19H25N3O4S2. The second-order valence-corrected chi connectivity index (χ2v) is 11.2. The third-order valence-electron chi connectivity index (χ3n) is 4.80. The predicted molar refractivity (Wildman–Crippen MR) is 108 cm³/mol. The maximum Gasteiger partial charge on any atom is 0.243 e. The fraction of sp³-hybridized carbons (Fsp3) is 0.368. The van der Waals surface area contributed by atoms with Crippen LogP contribution in [0.4, 0.5) is 0 Å². The van der Waals surface area contributed by atoms with Crippen molar-refractivity contribution in [3.8, 4) is 0 Å². The Balaban J connectivity index is 1.95. The van der Waals surface area contributed by atoms with Crippen LogP contribution in [0, 0.1) is 13.8 Å². The first kappa shape index (κ1) is 20.9. The van der Waals surface area contributed by atoms with Gasteiger partial charge in [-0.3, -0.25) is 5.32 Å². The normalized spacial score (nSPS) is 22.0. The highest BCUT2D eigenvalue weighted by Gasteiger charge is 2.37. The van der Waals surface area contributed by atoms with E-state index in [-0.39, 0.29) is 29.4 Å². The molecule has 1 saturated heterocycles. The lowest BCUT2D eigenvalue weighted by Crippen LogP contribution is -2.45. The Kier molecular flexibility index (Phi) is 5.92. The standard InChI is InChI=1S/C19H25N3O4S2/c1-14-3-7-17(8-4-14)27(23,24)19-13-22(12-16(20)11-21-19)28(25,26)18-9-5-15(2)6-10-18/h3-10,16,19,21H,11-13,20H2,1-2H3. The number of sulfone groups is 1. The molecule has 2 aromatic rings. The maximum absolute atomic E-state index is 13.1. The first-order chi connectivity index (χ1) is 13.1. The molecule has 2 unspecified atom stereocenters. The average Bonchev–Trinajstić information content (AvgIpc) is 2.85. The number of hydrogen-bond donors (Lipinski definition) is 2. The third-order valence-corrected chi connectivity index (χ3v) is 8.64. The minimum absolute atomic E-state index is 0.0448. The van der Waals surface area contributed by atoms with E-state index in [1.165, 1.54) is 28.6 Å². The van der Waals surface area contributed by atoms with Gasteiger partial charge in [-0.05, 0) is 38.1 Å². The molecule has 9 heteroatoms. The van der Waals surface area contributed by atoms with Gasteiger partial charge in [-0.2, -0.15) is 4.31 Å². The second-order valence-electron chi connectivity index (χ2n) is 7.15. The van der Waals surface area contributed by atoms with Crippen LogP contribution in [0.25, 0.3) is 0 Å². The highest BCUT2D eigenvalue weighted by atomic mass is 32.2. The molecular weight excluding hydrogens is 398 g/mol. The van der Waals surface area contributed by atoms with Crippen molar-refractivity contribution in [1.29, 1.82) is 0 Å². The molecule has 3 N–H and O–H groups in total. The quantitative estimate of drug-likeness (QED) is 0.760. The van der Waals surface area contributed by atoms with Crippen molar-refractivity contribution in [2.24, 2.45) is 5.73 Å². The number of aryl methyl sites for hydroxylation is 2. The average molecular weight is 424 g/mol. The third kappa shape index (κ3) is 4.28. The summed E-state index contributed by atoms with van der Waals surface area (Å²) in [4.78, 5) is 0.275. The summed E-state index contributed by atoms with van der Waals surface area (Å²) < 4.78 is 53.5. The summed E-state index contributed by atoms with van der Waals surface area (Å²) >= 11 is 0. The summed E-state index contributed by atoms with van der Waals surface area (Å²) in [5.74, 6) is 0. The zero-order chi connectivity index (χ0) is 20.5. The van der Waals surface area contributed by atoms with E-state index in [2.05, 4.69) is 5.32 Å². The summed E-state index contributed by atoms with van der Waals surface area (Å²) in [6, 6.07) is 12.5. The molecule has 0 spiro atoms. The molecule has 152 valence electrons. The molecule has 0 amide bonds. The Hall–Kier alpha value is -1.78. The van der Waals surface area contributed by atoms with Crippen LogP contribution >= 0.6 is 0 Å². The van der Waals surface area contributed by atoms with Gasteiger partial charge in [0.2, 0.25) is 10.0 Å². The van der Waals surface area contributed by atoms with Gasteiger partial charge in [0.15, 0.2) is 9.84 Å². The summed E-state index contributed by atoms with van der Waals surface area (Å²) in [6.45, 7) is 3.78. The molecule has 1 fully saturated rings. The molecule has 0 saturated carbocycles. The van der Waals surface area contributed by atoms with Crippen LogP contribution < -0.4 is 11.1 Å². The van der Waals surface area contributed by atoms with Crippen molar-refractivity contribution in [3.05, 3.63) is 59.7 Å². The van der Waals surface area contributed by atoms with Crippen molar-refractivity contribution in [2.75, 3.05) is 19.6 Å². The topological polar surface area (TPSA) is 110 Å². The van der Waals surface area contributed by atoms with Crippen LogP contribution in [0.15, 0.2) is 58.3 Å². The minimum atomic E-state index is -3.87. The molecule has 28 heavy (non-hydrogen) atoms. The van der Waals surface area contributed by atoms with Crippen molar-refractivity contribution in [1.82, 2.24) is 9.62 Å².